The summed E-state index contributed by atoms with van der Waals surface area (Å²) in [5.41, 5.74) is 3.43. The van der Waals surface area contributed by atoms with Crippen LogP contribution in [-0.4, -0.2) is 70.1 Å². The first-order valence-electron chi connectivity index (χ1n) is 12.8. The average molecular weight is 574 g/mol. The van der Waals surface area contributed by atoms with Crippen LogP contribution in [0, 0.1) is 0 Å². The molecular formula is C29H28ClN7O2S. The maximum absolute atomic E-state index is 13.5. The van der Waals surface area contributed by atoms with Crippen LogP contribution < -0.4 is 10.6 Å². The third kappa shape index (κ3) is 6.43. The minimum absolute atomic E-state index is 0. The second kappa shape index (κ2) is 12.9. The number of halogens is 1. The lowest BCUT2D eigenvalue weighted by molar-refractivity contribution is 0.0398. The summed E-state index contributed by atoms with van der Waals surface area (Å²) in [5.74, 6) is 0.771. The quantitative estimate of drug-likeness (QED) is 0.260. The Morgan fingerprint density at radius 2 is 1.75 bits per heavy atom. The summed E-state index contributed by atoms with van der Waals surface area (Å²) in [5, 5.41) is 7.22. The largest absolute Gasteiger partial charge is 0.379 e. The molecule has 2 N–H and O–H groups in total. The number of ether oxygens (including phenoxy) is 1. The van der Waals surface area contributed by atoms with Crippen molar-refractivity contribution >= 4 is 51.5 Å². The predicted octanol–water partition coefficient (Wildman–Crippen LogP) is 5.23. The van der Waals surface area contributed by atoms with Gasteiger partial charge in [0.15, 0.2) is 5.82 Å². The van der Waals surface area contributed by atoms with Gasteiger partial charge in [0.25, 0.3) is 5.91 Å². The minimum Gasteiger partial charge on any atom is -0.379 e. The van der Waals surface area contributed by atoms with Crippen LogP contribution in [0.15, 0.2) is 79.0 Å². The lowest BCUT2D eigenvalue weighted by Gasteiger charge is -2.26. The van der Waals surface area contributed by atoms with E-state index in [9.17, 15) is 4.79 Å². The molecule has 2 aromatic carbocycles. The Labute approximate surface area is 242 Å². The van der Waals surface area contributed by atoms with Crippen molar-refractivity contribution in [2.75, 3.05) is 50.0 Å². The molecular weight excluding hydrogens is 546 g/mol. The molecule has 1 fully saturated rings. The summed E-state index contributed by atoms with van der Waals surface area (Å²) in [6.07, 6.45) is 1.75. The highest BCUT2D eigenvalue weighted by Crippen LogP contribution is 2.33. The first kappa shape index (κ1) is 27.6. The van der Waals surface area contributed by atoms with E-state index in [1.807, 2.05) is 66.7 Å². The molecule has 0 radical (unpaired) electrons. The number of carbonyl (C=O) groups excluding carboxylic acids is 1. The smallest absolute Gasteiger partial charge is 0.274 e. The molecule has 0 spiro atoms. The highest BCUT2D eigenvalue weighted by molar-refractivity contribution is 7.21. The number of aromatic nitrogens is 4. The van der Waals surface area contributed by atoms with Gasteiger partial charge in [-0.2, -0.15) is 0 Å². The Balaban J connectivity index is 0.00000323. The van der Waals surface area contributed by atoms with Crippen molar-refractivity contribution < 1.29 is 9.53 Å². The molecule has 40 heavy (non-hydrogen) atoms. The number of rotatable bonds is 8. The van der Waals surface area contributed by atoms with Gasteiger partial charge in [-0.05, 0) is 24.3 Å². The van der Waals surface area contributed by atoms with Gasteiger partial charge in [-0.3, -0.25) is 9.69 Å². The third-order valence-corrected chi connectivity index (χ3v) is 7.41. The second-order valence-electron chi connectivity index (χ2n) is 9.06. The number of pyridine rings is 1. The van der Waals surface area contributed by atoms with Crippen LogP contribution in [0.3, 0.4) is 0 Å². The van der Waals surface area contributed by atoms with Crippen LogP contribution in [0.25, 0.3) is 32.3 Å². The summed E-state index contributed by atoms with van der Waals surface area (Å²) in [7, 11) is 0. The van der Waals surface area contributed by atoms with E-state index in [0.717, 1.165) is 59.3 Å². The molecule has 0 bridgehead atoms. The Morgan fingerprint density at radius 1 is 0.950 bits per heavy atom. The lowest BCUT2D eigenvalue weighted by atomic mass is 10.1. The summed E-state index contributed by atoms with van der Waals surface area (Å²) in [6, 6.07) is 22.8. The fraction of sp³-hybridized carbons (Fsp3) is 0.207. The van der Waals surface area contributed by atoms with E-state index in [1.165, 1.54) is 11.3 Å². The van der Waals surface area contributed by atoms with Crippen molar-refractivity contribution in [1.82, 2.24) is 24.8 Å². The zero-order valence-electron chi connectivity index (χ0n) is 21.6. The molecule has 1 amide bonds. The maximum Gasteiger partial charge on any atom is 0.274 e. The molecule has 1 aliphatic heterocycles. The molecule has 0 saturated carbocycles. The number of amides is 1. The molecule has 11 heteroatoms. The number of anilines is 2. The topological polar surface area (TPSA) is 105 Å². The predicted molar refractivity (Wildman–Crippen MR) is 161 cm³/mol. The fourth-order valence-electron chi connectivity index (χ4n) is 4.39. The molecule has 0 atom stereocenters. The highest BCUT2D eigenvalue weighted by atomic mass is 35.5. The Bertz CT molecular complexity index is 1560. The average Bonchev–Trinajstić information content (AvgIpc) is 3.43. The van der Waals surface area contributed by atoms with E-state index >= 15 is 0 Å². The Kier molecular flexibility index (Phi) is 8.92. The molecule has 5 aromatic rings. The van der Waals surface area contributed by atoms with Crippen LogP contribution in [0.4, 0.5) is 11.5 Å². The number of para-hydroxylation sites is 1. The van der Waals surface area contributed by atoms with Crippen molar-refractivity contribution in [3.8, 4) is 22.0 Å². The Hall–Kier alpha value is -3.96. The zero-order valence-corrected chi connectivity index (χ0v) is 23.3. The van der Waals surface area contributed by atoms with Crippen LogP contribution in [-0.2, 0) is 4.74 Å². The first-order chi connectivity index (χ1) is 19.2. The molecule has 1 saturated heterocycles. The van der Waals surface area contributed by atoms with Gasteiger partial charge in [0, 0.05) is 49.6 Å². The lowest BCUT2D eigenvalue weighted by Crippen LogP contribution is -2.39. The van der Waals surface area contributed by atoms with Crippen LogP contribution >= 0.6 is 23.7 Å². The molecule has 6 rings (SSSR count). The number of carbonyl (C=O) groups is 1. The summed E-state index contributed by atoms with van der Waals surface area (Å²) < 4.78 is 5.44. The van der Waals surface area contributed by atoms with Crippen molar-refractivity contribution in [2.45, 2.75) is 0 Å². The van der Waals surface area contributed by atoms with Crippen LogP contribution in [0.5, 0.6) is 0 Å². The van der Waals surface area contributed by atoms with E-state index in [1.54, 1.807) is 12.3 Å². The zero-order chi connectivity index (χ0) is 26.4. The summed E-state index contributed by atoms with van der Waals surface area (Å²) in [4.78, 5) is 35.2. The van der Waals surface area contributed by atoms with Crippen molar-refractivity contribution in [1.29, 1.82) is 0 Å². The minimum atomic E-state index is -0.322. The van der Waals surface area contributed by atoms with Gasteiger partial charge in [0.2, 0.25) is 0 Å². The third-order valence-electron chi connectivity index (χ3n) is 6.40. The number of nitrogens with one attached hydrogen (secondary N) is 2. The van der Waals surface area contributed by atoms with Crippen molar-refractivity contribution in [3.63, 3.8) is 0 Å². The second-order valence-corrected chi connectivity index (χ2v) is 10.0. The molecule has 1 aliphatic rings. The number of morpholine rings is 1. The molecule has 4 heterocycles. The van der Waals surface area contributed by atoms with E-state index in [2.05, 4.69) is 25.5 Å². The molecule has 3 aromatic heterocycles. The van der Waals surface area contributed by atoms with Crippen LogP contribution in [0.1, 0.15) is 10.5 Å². The van der Waals surface area contributed by atoms with E-state index in [4.69, 9.17) is 14.7 Å². The van der Waals surface area contributed by atoms with Crippen LogP contribution in [0.2, 0.25) is 0 Å². The number of nitrogens with zero attached hydrogens (tertiary/aromatic N) is 5. The van der Waals surface area contributed by atoms with Gasteiger partial charge in [-0.25, -0.2) is 19.9 Å². The number of hydrogen-bond donors (Lipinski definition) is 2. The number of thiazole rings is 1. The van der Waals surface area contributed by atoms with Gasteiger partial charge >= 0.3 is 0 Å². The SMILES string of the molecule is Cl.O=C(Nc1ccccc1-c1nc2cccnc2s1)c1cc(NCCN2CCOCC2)nc(-c2ccccc2)n1. The van der Waals surface area contributed by atoms with Gasteiger partial charge in [-0.1, -0.05) is 53.8 Å². The molecule has 204 valence electrons. The van der Waals surface area contributed by atoms with E-state index < -0.39 is 0 Å². The summed E-state index contributed by atoms with van der Waals surface area (Å²) >= 11 is 1.49. The Morgan fingerprint density at radius 3 is 2.58 bits per heavy atom. The number of hydrogen-bond acceptors (Lipinski definition) is 9. The maximum atomic E-state index is 13.5. The van der Waals surface area contributed by atoms with E-state index in [-0.39, 0.29) is 24.0 Å². The van der Waals surface area contributed by atoms with E-state index in [0.29, 0.717) is 23.9 Å². The first-order valence-corrected chi connectivity index (χ1v) is 13.7. The van der Waals surface area contributed by atoms with Crippen molar-refractivity contribution in [2.24, 2.45) is 0 Å². The van der Waals surface area contributed by atoms with Gasteiger partial charge in [0.1, 0.15) is 26.9 Å². The van der Waals surface area contributed by atoms with Crippen molar-refractivity contribution in [3.05, 3.63) is 84.7 Å². The number of benzene rings is 2. The molecule has 0 unspecified atom stereocenters. The van der Waals surface area contributed by atoms with Gasteiger partial charge in [0.05, 0.1) is 18.9 Å². The van der Waals surface area contributed by atoms with Gasteiger partial charge in [-0.15, -0.1) is 12.4 Å². The standard InChI is InChI=1S/C29H27N7O2S.ClH/c37-27(33-22-10-5-4-9-21(22)28-34-23-11-6-12-31-29(23)39-28)24-19-25(30-13-14-36-15-17-38-18-16-36)35-26(32-24)20-7-2-1-3-8-20;/h1-12,19H,13-18H2,(H,33,37)(H,30,32,35);1H. The van der Waals surface area contributed by atoms with Gasteiger partial charge < -0.3 is 15.4 Å². The molecule has 0 aliphatic carbocycles. The summed E-state index contributed by atoms with van der Waals surface area (Å²) in [6.45, 7) is 4.90. The fourth-order valence-corrected chi connectivity index (χ4v) is 5.33. The molecule has 9 nitrogen and oxygen atoms in total. The normalized spacial score (nSPS) is 13.5. The highest BCUT2D eigenvalue weighted by Gasteiger charge is 2.17. The monoisotopic (exact) mass is 573 g/mol. The number of fused-ring (bicyclic) bond motifs is 1.